The Kier molecular flexibility index (Phi) is 3.91. The zero-order valence-corrected chi connectivity index (χ0v) is 11.2. The van der Waals surface area contributed by atoms with Crippen molar-refractivity contribution in [2.45, 2.75) is 6.42 Å². The number of amides is 2. The zero-order chi connectivity index (χ0) is 14.8. The third-order valence-electron chi connectivity index (χ3n) is 2.74. The second-order valence-corrected chi connectivity index (χ2v) is 5.72. The highest BCUT2D eigenvalue weighted by Gasteiger charge is 2.27. The molecule has 20 heavy (non-hydrogen) atoms. The van der Waals surface area contributed by atoms with E-state index in [1.807, 2.05) is 0 Å². The van der Waals surface area contributed by atoms with E-state index in [0.717, 1.165) is 0 Å². The first-order chi connectivity index (χ1) is 9.33. The van der Waals surface area contributed by atoms with Gasteiger partial charge in [-0.3, -0.25) is 14.3 Å². The molecule has 0 radical (unpaired) electrons. The molecular formula is C11H14N4O4S. The van der Waals surface area contributed by atoms with Gasteiger partial charge in [-0.2, -0.15) is 8.42 Å². The fraction of sp³-hybridized carbons (Fsp3) is 0.273. The van der Waals surface area contributed by atoms with Gasteiger partial charge in [0.05, 0.1) is 11.6 Å². The zero-order valence-electron chi connectivity index (χ0n) is 10.4. The van der Waals surface area contributed by atoms with E-state index in [4.69, 9.17) is 5.14 Å². The normalized spacial score (nSPS) is 18.4. The quantitative estimate of drug-likeness (QED) is 0.590. The highest BCUT2D eigenvalue weighted by molar-refractivity contribution is 7.90. The molecule has 2 rings (SSSR count). The molecule has 1 atom stereocenters. The minimum Gasteiger partial charge on any atom is -0.355 e. The predicted octanol–water partition coefficient (Wildman–Crippen LogP) is -0.623. The first-order valence-electron chi connectivity index (χ1n) is 5.82. The van der Waals surface area contributed by atoms with Crippen molar-refractivity contribution >= 4 is 33.4 Å². The van der Waals surface area contributed by atoms with E-state index >= 15 is 0 Å². The van der Waals surface area contributed by atoms with Gasteiger partial charge in [0.2, 0.25) is 11.8 Å². The summed E-state index contributed by atoms with van der Waals surface area (Å²) in [4.78, 5) is 22.9. The van der Waals surface area contributed by atoms with Gasteiger partial charge in [0.1, 0.15) is 0 Å². The molecule has 0 aromatic heterocycles. The molecule has 1 unspecified atom stereocenters. The summed E-state index contributed by atoms with van der Waals surface area (Å²) in [5, 5.41) is 10.1. The van der Waals surface area contributed by atoms with Gasteiger partial charge < -0.3 is 10.6 Å². The SMILES string of the molecule is NS(=O)(=O)Nc1cccc(NC(=O)C2CNC(=O)C2)c1. The highest BCUT2D eigenvalue weighted by atomic mass is 32.2. The lowest BCUT2D eigenvalue weighted by Crippen LogP contribution is -2.25. The lowest BCUT2D eigenvalue weighted by molar-refractivity contribution is -0.123. The van der Waals surface area contributed by atoms with E-state index in [2.05, 4.69) is 15.4 Å². The van der Waals surface area contributed by atoms with E-state index in [0.29, 0.717) is 12.2 Å². The molecule has 1 aromatic carbocycles. The summed E-state index contributed by atoms with van der Waals surface area (Å²) in [6, 6.07) is 6.12. The van der Waals surface area contributed by atoms with Crippen LogP contribution in [0.4, 0.5) is 11.4 Å². The smallest absolute Gasteiger partial charge is 0.296 e. The Bertz CT molecular complexity index is 644. The Labute approximate surface area is 115 Å². The molecule has 8 nitrogen and oxygen atoms in total. The number of nitrogens with one attached hydrogen (secondary N) is 3. The summed E-state index contributed by atoms with van der Waals surface area (Å²) >= 11 is 0. The maximum Gasteiger partial charge on any atom is 0.296 e. The van der Waals surface area contributed by atoms with Crippen molar-refractivity contribution < 1.29 is 18.0 Å². The van der Waals surface area contributed by atoms with Crippen LogP contribution in [-0.2, 0) is 19.8 Å². The van der Waals surface area contributed by atoms with Crippen molar-refractivity contribution in [3.8, 4) is 0 Å². The van der Waals surface area contributed by atoms with Gasteiger partial charge in [0, 0.05) is 18.7 Å². The minimum absolute atomic E-state index is 0.154. The van der Waals surface area contributed by atoms with Gasteiger partial charge in [-0.1, -0.05) is 6.07 Å². The van der Waals surface area contributed by atoms with Crippen molar-refractivity contribution in [3.63, 3.8) is 0 Å². The standard InChI is InChI=1S/C11H14N4O4S/c12-20(18,19)15-9-3-1-2-8(5-9)14-11(17)7-4-10(16)13-6-7/h1-3,5,7,15H,4,6H2,(H,13,16)(H,14,17)(H2,12,18,19). The van der Waals surface area contributed by atoms with Crippen LogP contribution in [0, 0.1) is 5.92 Å². The summed E-state index contributed by atoms with van der Waals surface area (Å²) in [7, 11) is -3.86. The van der Waals surface area contributed by atoms with Crippen LogP contribution in [0.1, 0.15) is 6.42 Å². The molecular weight excluding hydrogens is 284 g/mol. The third kappa shape index (κ3) is 3.93. The van der Waals surface area contributed by atoms with Crippen molar-refractivity contribution in [2.75, 3.05) is 16.6 Å². The van der Waals surface area contributed by atoms with Gasteiger partial charge in [-0.05, 0) is 18.2 Å². The molecule has 1 aliphatic rings. The summed E-state index contributed by atoms with van der Waals surface area (Å²) < 4.78 is 23.9. The summed E-state index contributed by atoms with van der Waals surface area (Å²) in [6.45, 7) is 0.305. The summed E-state index contributed by atoms with van der Waals surface area (Å²) in [6.07, 6.45) is 0.154. The van der Waals surface area contributed by atoms with E-state index < -0.39 is 16.1 Å². The topological polar surface area (TPSA) is 130 Å². The third-order valence-corrected chi connectivity index (χ3v) is 3.26. The molecule has 1 aromatic rings. The summed E-state index contributed by atoms with van der Waals surface area (Å²) in [5.41, 5.74) is 0.661. The first-order valence-corrected chi connectivity index (χ1v) is 7.36. The highest BCUT2D eigenvalue weighted by Crippen LogP contribution is 2.18. The van der Waals surface area contributed by atoms with Crippen LogP contribution in [0.3, 0.4) is 0 Å². The number of rotatable bonds is 4. The molecule has 1 heterocycles. The van der Waals surface area contributed by atoms with Gasteiger partial charge in [0.15, 0.2) is 0 Å². The fourth-order valence-electron chi connectivity index (χ4n) is 1.86. The van der Waals surface area contributed by atoms with E-state index in [9.17, 15) is 18.0 Å². The molecule has 2 amide bonds. The van der Waals surface area contributed by atoms with Crippen LogP contribution in [0.5, 0.6) is 0 Å². The number of benzene rings is 1. The Morgan fingerprint density at radius 2 is 2.05 bits per heavy atom. The van der Waals surface area contributed by atoms with Crippen LogP contribution in [0.2, 0.25) is 0 Å². The molecule has 1 aliphatic heterocycles. The molecule has 0 bridgehead atoms. The van der Waals surface area contributed by atoms with Gasteiger partial charge in [-0.25, -0.2) is 5.14 Å². The van der Waals surface area contributed by atoms with E-state index in [1.54, 1.807) is 12.1 Å². The van der Waals surface area contributed by atoms with Crippen LogP contribution < -0.4 is 20.5 Å². The maximum absolute atomic E-state index is 11.9. The Morgan fingerprint density at radius 1 is 1.35 bits per heavy atom. The Balaban J connectivity index is 2.04. The van der Waals surface area contributed by atoms with Crippen LogP contribution >= 0.6 is 0 Å². The number of hydrogen-bond acceptors (Lipinski definition) is 4. The number of carbonyl (C=O) groups excluding carboxylic acids is 2. The number of anilines is 2. The molecule has 108 valence electrons. The van der Waals surface area contributed by atoms with E-state index in [-0.39, 0.29) is 23.9 Å². The fourth-order valence-corrected chi connectivity index (χ4v) is 2.32. The lowest BCUT2D eigenvalue weighted by Gasteiger charge is -2.10. The summed E-state index contributed by atoms with van der Waals surface area (Å²) in [5.74, 6) is -0.872. The van der Waals surface area contributed by atoms with Crippen LogP contribution in [-0.4, -0.2) is 26.8 Å². The van der Waals surface area contributed by atoms with Gasteiger partial charge in [0.25, 0.3) is 10.2 Å². The predicted molar refractivity (Wildman–Crippen MR) is 72.9 cm³/mol. The second-order valence-electron chi connectivity index (χ2n) is 4.42. The molecule has 0 spiro atoms. The molecule has 1 fully saturated rings. The van der Waals surface area contributed by atoms with Crippen molar-refractivity contribution in [2.24, 2.45) is 11.1 Å². The van der Waals surface area contributed by atoms with Crippen molar-refractivity contribution in [3.05, 3.63) is 24.3 Å². The molecule has 5 N–H and O–H groups in total. The second kappa shape index (κ2) is 5.47. The number of hydrogen-bond donors (Lipinski definition) is 4. The monoisotopic (exact) mass is 298 g/mol. The van der Waals surface area contributed by atoms with Gasteiger partial charge >= 0.3 is 0 Å². The lowest BCUT2D eigenvalue weighted by atomic mass is 10.1. The van der Waals surface area contributed by atoms with Crippen molar-refractivity contribution in [1.82, 2.24) is 5.32 Å². The largest absolute Gasteiger partial charge is 0.355 e. The maximum atomic E-state index is 11.9. The van der Waals surface area contributed by atoms with Crippen LogP contribution in [0.25, 0.3) is 0 Å². The number of carbonyl (C=O) groups is 2. The molecule has 0 aliphatic carbocycles. The Hall–Kier alpha value is -2.13. The molecule has 0 saturated carbocycles. The minimum atomic E-state index is -3.86. The molecule has 9 heteroatoms. The molecule has 1 saturated heterocycles. The average molecular weight is 298 g/mol. The van der Waals surface area contributed by atoms with Crippen LogP contribution in [0.15, 0.2) is 24.3 Å². The number of nitrogens with two attached hydrogens (primary N) is 1. The Morgan fingerprint density at radius 3 is 2.65 bits per heavy atom. The average Bonchev–Trinajstić information content (AvgIpc) is 2.74. The van der Waals surface area contributed by atoms with Crippen molar-refractivity contribution in [1.29, 1.82) is 0 Å². The van der Waals surface area contributed by atoms with Gasteiger partial charge in [-0.15, -0.1) is 0 Å². The first kappa shape index (κ1) is 14.3. The van der Waals surface area contributed by atoms with E-state index in [1.165, 1.54) is 12.1 Å².